The minimum absolute atomic E-state index is 0.0521. The Hall–Kier alpha value is -2.15. The molecular formula is C17H18N4O2S. The van der Waals surface area contributed by atoms with Crippen LogP contribution in [0.4, 0.5) is 0 Å². The van der Waals surface area contributed by atoms with E-state index in [9.17, 15) is 4.79 Å². The molecule has 7 heteroatoms. The maximum Gasteiger partial charge on any atom is 0.253 e. The van der Waals surface area contributed by atoms with Crippen LogP contribution in [0.15, 0.2) is 34.2 Å². The van der Waals surface area contributed by atoms with E-state index in [0.717, 1.165) is 30.0 Å². The molecule has 6 nitrogen and oxygen atoms in total. The summed E-state index contributed by atoms with van der Waals surface area (Å²) in [6.07, 6.45) is 6.83. The highest BCUT2D eigenvalue weighted by molar-refractivity contribution is 7.99. The molecule has 0 amide bonds. The first-order chi connectivity index (χ1) is 11.7. The molecule has 3 heterocycles. The lowest BCUT2D eigenvalue weighted by Gasteiger charge is -2.20. The third-order valence-electron chi connectivity index (χ3n) is 4.24. The molecule has 0 aromatic carbocycles. The Morgan fingerprint density at radius 1 is 1.38 bits per heavy atom. The van der Waals surface area contributed by atoms with Gasteiger partial charge in [0.1, 0.15) is 5.76 Å². The lowest BCUT2D eigenvalue weighted by molar-refractivity contribution is 0.0958. The van der Waals surface area contributed by atoms with Crippen LogP contribution in [0.5, 0.6) is 0 Å². The van der Waals surface area contributed by atoms with E-state index in [0.29, 0.717) is 29.3 Å². The van der Waals surface area contributed by atoms with Crippen molar-refractivity contribution >= 4 is 23.3 Å². The average molecular weight is 342 g/mol. The van der Waals surface area contributed by atoms with Crippen LogP contribution in [0.25, 0.3) is 5.78 Å². The van der Waals surface area contributed by atoms with Gasteiger partial charge in [-0.3, -0.25) is 4.79 Å². The van der Waals surface area contributed by atoms with Crippen molar-refractivity contribution in [3.63, 3.8) is 0 Å². The Bertz CT molecular complexity index is 872. The summed E-state index contributed by atoms with van der Waals surface area (Å²) in [7, 11) is 0. The number of thioether (sulfide) groups is 1. The second-order valence-corrected chi connectivity index (χ2v) is 7.05. The Labute approximate surface area is 143 Å². The number of furan rings is 1. The van der Waals surface area contributed by atoms with E-state index >= 15 is 0 Å². The number of carbonyl (C=O) groups excluding carboxylic acids is 1. The maximum atomic E-state index is 12.5. The van der Waals surface area contributed by atoms with Crippen molar-refractivity contribution in [2.24, 2.45) is 0 Å². The van der Waals surface area contributed by atoms with Gasteiger partial charge >= 0.3 is 0 Å². The van der Waals surface area contributed by atoms with Crippen LogP contribution in [-0.2, 0) is 6.42 Å². The summed E-state index contributed by atoms with van der Waals surface area (Å²) < 4.78 is 7.09. The zero-order chi connectivity index (χ0) is 16.5. The first-order valence-electron chi connectivity index (χ1n) is 8.20. The molecule has 3 aromatic rings. The molecule has 0 N–H and O–H groups in total. The lowest BCUT2D eigenvalue weighted by Crippen LogP contribution is -2.21. The minimum atomic E-state index is 0.0521. The van der Waals surface area contributed by atoms with Crippen LogP contribution < -0.4 is 0 Å². The normalized spacial score (nSPS) is 17.4. The zero-order valence-electron chi connectivity index (χ0n) is 13.4. The predicted molar refractivity (Wildman–Crippen MR) is 90.5 cm³/mol. The number of rotatable bonds is 5. The van der Waals surface area contributed by atoms with Gasteiger partial charge in [0.2, 0.25) is 5.16 Å². The van der Waals surface area contributed by atoms with Gasteiger partial charge in [-0.2, -0.15) is 4.98 Å². The molecule has 0 bridgehead atoms. The standard InChI is InChI=1S/C17H18N4O2S/c1-2-3-7-24-17-19-16-18-13-8-11(15-5-4-6-23-15)9-14(22)12(13)10-21(16)20-17/h4-6,10-11H,2-3,7-9H2,1H3. The highest BCUT2D eigenvalue weighted by Crippen LogP contribution is 2.32. The highest BCUT2D eigenvalue weighted by atomic mass is 32.2. The molecule has 3 aromatic heterocycles. The summed E-state index contributed by atoms with van der Waals surface area (Å²) in [6.45, 7) is 2.16. The van der Waals surface area contributed by atoms with Crippen LogP contribution in [0, 0.1) is 0 Å². The minimum Gasteiger partial charge on any atom is -0.469 e. The Morgan fingerprint density at radius 2 is 2.29 bits per heavy atom. The number of unbranched alkanes of at least 4 members (excludes halogenated alkanes) is 1. The first kappa shape index (κ1) is 15.4. The molecular weight excluding hydrogens is 324 g/mol. The summed E-state index contributed by atoms with van der Waals surface area (Å²) in [6, 6.07) is 3.77. The molecule has 1 unspecified atom stereocenters. The van der Waals surface area contributed by atoms with E-state index in [1.54, 1.807) is 28.7 Å². The van der Waals surface area contributed by atoms with Gasteiger partial charge in [0.15, 0.2) is 5.78 Å². The summed E-state index contributed by atoms with van der Waals surface area (Å²) in [4.78, 5) is 21.6. The molecule has 1 aliphatic carbocycles. The Morgan fingerprint density at radius 3 is 3.08 bits per heavy atom. The fourth-order valence-electron chi connectivity index (χ4n) is 2.96. The van der Waals surface area contributed by atoms with Crippen LogP contribution in [-0.4, -0.2) is 31.1 Å². The third kappa shape index (κ3) is 2.84. The van der Waals surface area contributed by atoms with Gasteiger partial charge in [0.25, 0.3) is 5.78 Å². The fraction of sp³-hybridized carbons (Fsp3) is 0.412. The monoisotopic (exact) mass is 342 g/mol. The maximum absolute atomic E-state index is 12.5. The van der Waals surface area contributed by atoms with Crippen molar-refractivity contribution in [2.75, 3.05) is 5.75 Å². The molecule has 0 fully saturated rings. The molecule has 0 saturated heterocycles. The predicted octanol–water partition coefficient (Wildman–Crippen LogP) is 3.52. The Kier molecular flexibility index (Phi) is 4.10. The Balaban J connectivity index is 1.64. The molecule has 124 valence electrons. The van der Waals surface area contributed by atoms with E-state index in [-0.39, 0.29) is 11.7 Å². The molecule has 0 aliphatic heterocycles. The molecule has 1 atom stereocenters. The van der Waals surface area contributed by atoms with Crippen molar-refractivity contribution in [1.29, 1.82) is 0 Å². The van der Waals surface area contributed by atoms with Crippen LogP contribution in [0.1, 0.15) is 53.9 Å². The number of Topliss-reactive ketones (excluding diaryl/α,β-unsaturated/α-hetero) is 1. The molecule has 24 heavy (non-hydrogen) atoms. The van der Waals surface area contributed by atoms with Crippen molar-refractivity contribution in [2.45, 2.75) is 43.7 Å². The summed E-state index contributed by atoms with van der Waals surface area (Å²) >= 11 is 1.63. The summed E-state index contributed by atoms with van der Waals surface area (Å²) in [5.74, 6) is 2.53. The van der Waals surface area contributed by atoms with Crippen LogP contribution >= 0.6 is 11.8 Å². The topological polar surface area (TPSA) is 73.3 Å². The number of aromatic nitrogens is 4. The van der Waals surface area contributed by atoms with Gasteiger partial charge in [0, 0.05) is 30.7 Å². The van der Waals surface area contributed by atoms with Gasteiger partial charge in [0.05, 0.1) is 17.5 Å². The number of hydrogen-bond acceptors (Lipinski definition) is 6. The van der Waals surface area contributed by atoms with Crippen molar-refractivity contribution in [3.8, 4) is 0 Å². The summed E-state index contributed by atoms with van der Waals surface area (Å²) in [5, 5.41) is 5.15. The number of carbonyl (C=O) groups is 1. The quantitative estimate of drug-likeness (QED) is 0.522. The van der Waals surface area contributed by atoms with Gasteiger partial charge < -0.3 is 4.42 Å². The largest absolute Gasteiger partial charge is 0.469 e. The number of nitrogens with zero attached hydrogens (tertiary/aromatic N) is 4. The first-order valence-corrected chi connectivity index (χ1v) is 9.19. The molecule has 0 radical (unpaired) electrons. The number of hydrogen-bond donors (Lipinski definition) is 0. The molecule has 0 saturated carbocycles. The second kappa shape index (κ2) is 6.39. The van der Waals surface area contributed by atoms with Crippen molar-refractivity contribution in [3.05, 3.63) is 41.6 Å². The second-order valence-electron chi connectivity index (χ2n) is 5.99. The van der Waals surface area contributed by atoms with Crippen molar-refractivity contribution in [1.82, 2.24) is 19.6 Å². The fourth-order valence-corrected chi connectivity index (χ4v) is 3.87. The van der Waals surface area contributed by atoms with Crippen LogP contribution in [0.2, 0.25) is 0 Å². The van der Waals surface area contributed by atoms with E-state index in [1.807, 2.05) is 12.1 Å². The number of ketones is 1. The van der Waals surface area contributed by atoms with E-state index in [4.69, 9.17) is 4.42 Å². The van der Waals surface area contributed by atoms with Crippen LogP contribution in [0.3, 0.4) is 0 Å². The number of fused-ring (bicyclic) bond motifs is 2. The summed E-state index contributed by atoms with van der Waals surface area (Å²) in [5.41, 5.74) is 1.44. The van der Waals surface area contributed by atoms with E-state index in [2.05, 4.69) is 22.0 Å². The molecule has 0 spiro atoms. The molecule has 4 rings (SSSR count). The van der Waals surface area contributed by atoms with Gasteiger partial charge in [-0.15, -0.1) is 5.10 Å². The lowest BCUT2D eigenvalue weighted by atomic mass is 9.85. The highest BCUT2D eigenvalue weighted by Gasteiger charge is 2.30. The van der Waals surface area contributed by atoms with Gasteiger partial charge in [-0.05, 0) is 18.6 Å². The average Bonchev–Trinajstić information content (AvgIpc) is 3.22. The van der Waals surface area contributed by atoms with Gasteiger partial charge in [-0.1, -0.05) is 25.1 Å². The smallest absolute Gasteiger partial charge is 0.253 e. The van der Waals surface area contributed by atoms with E-state index < -0.39 is 0 Å². The third-order valence-corrected chi connectivity index (χ3v) is 5.16. The SMILES string of the molecule is CCCCSc1nc2nc3c(cn2n1)C(=O)CC(c1ccco1)C3. The zero-order valence-corrected chi connectivity index (χ0v) is 14.3. The van der Waals surface area contributed by atoms with Gasteiger partial charge in [-0.25, -0.2) is 9.50 Å². The van der Waals surface area contributed by atoms with Crippen molar-refractivity contribution < 1.29 is 9.21 Å². The molecule has 1 aliphatic rings. The van der Waals surface area contributed by atoms with E-state index in [1.165, 1.54) is 0 Å².